The van der Waals surface area contributed by atoms with Gasteiger partial charge in [0.1, 0.15) is 5.82 Å². The molecule has 0 radical (unpaired) electrons. The Morgan fingerprint density at radius 1 is 1.25 bits per heavy atom. The Balaban J connectivity index is 2.68. The maximum atomic E-state index is 4.72. The number of anilines is 1. The number of nitrogens with zero attached hydrogens (tertiary/aromatic N) is 2. The van der Waals surface area contributed by atoms with Crippen molar-refractivity contribution in [3.63, 3.8) is 0 Å². The monoisotopic (exact) mass is 217 g/mol. The lowest BCUT2D eigenvalue weighted by molar-refractivity contribution is 0.526. The molecule has 0 aliphatic rings. The molecule has 2 rings (SSSR count). The second-order valence-corrected chi connectivity index (χ2v) is 5.20. The van der Waals surface area contributed by atoms with E-state index in [1.54, 1.807) is 0 Å². The number of rotatable bonds is 1. The van der Waals surface area contributed by atoms with Gasteiger partial charge in [0, 0.05) is 25.2 Å². The highest BCUT2D eigenvalue weighted by molar-refractivity contribution is 5.80. The second kappa shape index (κ2) is 3.51. The van der Waals surface area contributed by atoms with Crippen LogP contribution in [-0.4, -0.2) is 16.6 Å². The van der Waals surface area contributed by atoms with Crippen LogP contribution >= 0.6 is 0 Å². The summed E-state index contributed by atoms with van der Waals surface area (Å²) >= 11 is 0. The Morgan fingerprint density at radius 2 is 1.94 bits per heavy atom. The van der Waals surface area contributed by atoms with Gasteiger partial charge in [-0.3, -0.25) is 0 Å². The van der Waals surface area contributed by atoms with Crippen LogP contribution in [0.4, 0.5) is 5.69 Å². The van der Waals surface area contributed by atoms with Crippen molar-refractivity contribution in [1.82, 2.24) is 9.55 Å². The molecule has 16 heavy (non-hydrogen) atoms. The number of imidazole rings is 1. The Hall–Kier alpha value is -1.51. The minimum absolute atomic E-state index is 0.0770. The van der Waals surface area contributed by atoms with Crippen LogP contribution in [-0.2, 0) is 12.5 Å². The van der Waals surface area contributed by atoms with E-state index in [0.29, 0.717) is 0 Å². The van der Waals surface area contributed by atoms with Crippen LogP contribution in [0, 0.1) is 0 Å². The zero-order valence-electron chi connectivity index (χ0n) is 10.6. The first-order valence-corrected chi connectivity index (χ1v) is 5.58. The van der Waals surface area contributed by atoms with Crippen molar-refractivity contribution in [3.05, 3.63) is 24.0 Å². The lowest BCUT2D eigenvalue weighted by Crippen LogP contribution is -2.17. The van der Waals surface area contributed by atoms with Crippen LogP contribution in [0.1, 0.15) is 26.6 Å². The topological polar surface area (TPSA) is 29.9 Å². The number of hydrogen-bond donors (Lipinski definition) is 1. The molecule has 3 nitrogen and oxygen atoms in total. The summed E-state index contributed by atoms with van der Waals surface area (Å²) < 4.78 is 2.18. The van der Waals surface area contributed by atoms with E-state index in [4.69, 9.17) is 4.98 Å². The van der Waals surface area contributed by atoms with E-state index in [0.717, 1.165) is 17.0 Å². The van der Waals surface area contributed by atoms with Crippen molar-refractivity contribution in [3.8, 4) is 0 Å². The molecule has 1 aromatic heterocycles. The first-order valence-electron chi connectivity index (χ1n) is 5.58. The summed E-state index contributed by atoms with van der Waals surface area (Å²) in [6.07, 6.45) is 0. The van der Waals surface area contributed by atoms with E-state index >= 15 is 0 Å². The van der Waals surface area contributed by atoms with Gasteiger partial charge in [-0.1, -0.05) is 20.8 Å². The van der Waals surface area contributed by atoms with E-state index in [-0.39, 0.29) is 5.41 Å². The Morgan fingerprint density at radius 3 is 2.50 bits per heavy atom. The zero-order valence-corrected chi connectivity index (χ0v) is 10.6. The van der Waals surface area contributed by atoms with Gasteiger partial charge >= 0.3 is 0 Å². The van der Waals surface area contributed by atoms with Crippen molar-refractivity contribution >= 4 is 16.7 Å². The minimum atomic E-state index is 0.0770. The van der Waals surface area contributed by atoms with Gasteiger partial charge in [0.2, 0.25) is 0 Å². The molecule has 1 N–H and O–H groups in total. The fourth-order valence-corrected chi connectivity index (χ4v) is 2.03. The first kappa shape index (κ1) is 11.0. The molecule has 3 heteroatoms. The number of benzene rings is 1. The number of nitrogens with one attached hydrogen (secondary N) is 1. The minimum Gasteiger partial charge on any atom is -0.388 e. The summed E-state index contributed by atoms with van der Waals surface area (Å²) in [5.41, 5.74) is 3.42. The van der Waals surface area contributed by atoms with Crippen LogP contribution in [0.15, 0.2) is 18.2 Å². The number of hydrogen-bond acceptors (Lipinski definition) is 2. The van der Waals surface area contributed by atoms with Gasteiger partial charge in [-0.05, 0) is 18.2 Å². The molecular formula is C13H19N3. The third-order valence-electron chi connectivity index (χ3n) is 2.84. The molecule has 0 atom stereocenters. The Kier molecular flexibility index (Phi) is 2.41. The van der Waals surface area contributed by atoms with Gasteiger partial charge in [0.15, 0.2) is 0 Å². The number of aromatic nitrogens is 2. The van der Waals surface area contributed by atoms with E-state index in [9.17, 15) is 0 Å². The quantitative estimate of drug-likeness (QED) is 0.796. The summed E-state index contributed by atoms with van der Waals surface area (Å²) in [5.74, 6) is 1.12. The molecule has 1 heterocycles. The predicted octanol–water partition coefficient (Wildman–Crippen LogP) is 2.91. The van der Waals surface area contributed by atoms with Gasteiger partial charge in [-0.25, -0.2) is 4.98 Å². The van der Waals surface area contributed by atoms with Crippen molar-refractivity contribution < 1.29 is 0 Å². The third-order valence-corrected chi connectivity index (χ3v) is 2.84. The van der Waals surface area contributed by atoms with Crippen molar-refractivity contribution in [2.75, 3.05) is 12.4 Å². The third kappa shape index (κ3) is 1.66. The normalized spacial score (nSPS) is 12.1. The van der Waals surface area contributed by atoms with Crippen LogP contribution in [0.2, 0.25) is 0 Å². The molecule has 0 saturated carbocycles. The van der Waals surface area contributed by atoms with E-state index in [1.165, 1.54) is 5.52 Å². The maximum Gasteiger partial charge on any atom is 0.115 e. The maximum absolute atomic E-state index is 4.72. The first-order chi connectivity index (χ1) is 7.43. The zero-order chi connectivity index (χ0) is 11.9. The van der Waals surface area contributed by atoms with E-state index in [1.807, 2.05) is 7.05 Å². The number of aryl methyl sites for hydroxylation is 1. The summed E-state index contributed by atoms with van der Waals surface area (Å²) in [7, 11) is 4.00. The SMILES string of the molecule is CNc1ccc2c(c1)nc(C(C)(C)C)n2C. The Labute approximate surface area is 96.5 Å². The molecule has 86 valence electrons. The van der Waals surface area contributed by atoms with E-state index in [2.05, 4.69) is 55.9 Å². The second-order valence-electron chi connectivity index (χ2n) is 5.20. The number of fused-ring (bicyclic) bond motifs is 1. The summed E-state index contributed by atoms with van der Waals surface area (Å²) in [4.78, 5) is 4.72. The average Bonchev–Trinajstić information content (AvgIpc) is 2.55. The summed E-state index contributed by atoms with van der Waals surface area (Å²) in [6.45, 7) is 6.56. The van der Waals surface area contributed by atoms with Gasteiger partial charge in [0.05, 0.1) is 11.0 Å². The molecule has 0 aliphatic carbocycles. The molecule has 1 aromatic carbocycles. The molecule has 0 saturated heterocycles. The lowest BCUT2D eigenvalue weighted by atomic mass is 9.96. The summed E-state index contributed by atoms with van der Waals surface area (Å²) in [5, 5.41) is 3.14. The molecule has 0 spiro atoms. The largest absolute Gasteiger partial charge is 0.388 e. The standard InChI is InChI=1S/C13H19N3/c1-13(2,3)12-15-10-8-9(14-4)6-7-11(10)16(12)5/h6-8,14H,1-5H3. The van der Waals surface area contributed by atoms with Crippen LogP contribution in [0.5, 0.6) is 0 Å². The van der Waals surface area contributed by atoms with Gasteiger partial charge in [-0.15, -0.1) is 0 Å². The fraction of sp³-hybridized carbons (Fsp3) is 0.462. The highest BCUT2D eigenvalue weighted by Gasteiger charge is 2.20. The lowest BCUT2D eigenvalue weighted by Gasteiger charge is -2.17. The van der Waals surface area contributed by atoms with E-state index < -0.39 is 0 Å². The van der Waals surface area contributed by atoms with Crippen LogP contribution in [0.25, 0.3) is 11.0 Å². The molecule has 2 aromatic rings. The molecule has 0 amide bonds. The average molecular weight is 217 g/mol. The molecule has 0 fully saturated rings. The molecular weight excluding hydrogens is 198 g/mol. The van der Waals surface area contributed by atoms with Crippen LogP contribution < -0.4 is 5.32 Å². The fourth-order valence-electron chi connectivity index (χ4n) is 2.03. The van der Waals surface area contributed by atoms with Gasteiger partial charge in [0.25, 0.3) is 0 Å². The molecule has 0 unspecified atom stereocenters. The van der Waals surface area contributed by atoms with Crippen molar-refractivity contribution in [2.45, 2.75) is 26.2 Å². The molecule has 0 aliphatic heterocycles. The summed E-state index contributed by atoms with van der Waals surface area (Å²) in [6, 6.07) is 6.28. The highest BCUT2D eigenvalue weighted by atomic mass is 15.1. The van der Waals surface area contributed by atoms with Gasteiger partial charge in [-0.2, -0.15) is 0 Å². The van der Waals surface area contributed by atoms with Crippen molar-refractivity contribution in [1.29, 1.82) is 0 Å². The predicted molar refractivity (Wildman–Crippen MR) is 69.0 cm³/mol. The molecule has 0 bridgehead atoms. The Bertz CT molecular complexity index is 518. The highest BCUT2D eigenvalue weighted by Crippen LogP contribution is 2.26. The van der Waals surface area contributed by atoms with Crippen LogP contribution in [0.3, 0.4) is 0 Å². The smallest absolute Gasteiger partial charge is 0.115 e. The van der Waals surface area contributed by atoms with Crippen molar-refractivity contribution in [2.24, 2.45) is 7.05 Å². The van der Waals surface area contributed by atoms with Gasteiger partial charge < -0.3 is 9.88 Å².